The number of aryl methyl sites for hydroxylation is 1. The largest absolute Gasteiger partial charge is 0.249 e. The smallest absolute Gasteiger partial charge is 0.114 e. The monoisotopic (exact) mass is 240 g/mol. The van der Waals surface area contributed by atoms with Gasteiger partial charge >= 0.3 is 0 Å². The van der Waals surface area contributed by atoms with Crippen LogP contribution in [0, 0.1) is 24.2 Å². The minimum atomic E-state index is 0.436. The van der Waals surface area contributed by atoms with E-state index in [1.54, 1.807) is 18.0 Å². The summed E-state index contributed by atoms with van der Waals surface area (Å²) in [7, 11) is 0. The zero-order chi connectivity index (χ0) is 11.3. The Hall–Kier alpha value is -0.720. The first-order valence-corrected chi connectivity index (χ1v) is 6.25. The second-order valence-corrected chi connectivity index (χ2v) is 4.81. The van der Waals surface area contributed by atoms with Crippen LogP contribution in [0.5, 0.6) is 0 Å². The summed E-state index contributed by atoms with van der Waals surface area (Å²) in [5.41, 5.74) is 1.66. The second kappa shape index (κ2) is 5.99. The predicted octanol–water partition coefficient (Wildman–Crippen LogP) is 3.23. The van der Waals surface area contributed by atoms with Crippen molar-refractivity contribution >= 4 is 23.4 Å². The molecular weight excluding hydrogens is 228 g/mol. The average molecular weight is 241 g/mol. The molecule has 0 aromatic carbocycles. The molecule has 0 saturated carbocycles. The number of nitrogens with zero attached hydrogens (tertiary/aromatic N) is 2. The average Bonchev–Trinajstić information content (AvgIpc) is 2.25. The van der Waals surface area contributed by atoms with Crippen molar-refractivity contribution in [2.45, 2.75) is 18.9 Å². The molecule has 0 aliphatic rings. The van der Waals surface area contributed by atoms with Crippen LogP contribution in [0.4, 0.5) is 0 Å². The number of thioether (sulfide) groups is 1. The van der Waals surface area contributed by atoms with E-state index in [0.29, 0.717) is 17.4 Å². The van der Waals surface area contributed by atoms with Crippen molar-refractivity contribution in [3.8, 4) is 6.07 Å². The number of alkyl halides is 1. The molecule has 1 rings (SSSR count). The van der Waals surface area contributed by atoms with E-state index in [-0.39, 0.29) is 0 Å². The van der Waals surface area contributed by atoms with Gasteiger partial charge in [-0.3, -0.25) is 0 Å². The van der Waals surface area contributed by atoms with E-state index >= 15 is 0 Å². The molecule has 0 amide bonds. The fourth-order valence-corrected chi connectivity index (χ4v) is 2.33. The Morgan fingerprint density at radius 3 is 3.00 bits per heavy atom. The molecule has 2 nitrogen and oxygen atoms in total. The van der Waals surface area contributed by atoms with Gasteiger partial charge in [-0.15, -0.1) is 23.4 Å². The van der Waals surface area contributed by atoms with Gasteiger partial charge in [-0.05, 0) is 24.5 Å². The lowest BCUT2D eigenvalue weighted by Gasteiger charge is -2.08. The molecule has 0 aliphatic heterocycles. The third-order valence-electron chi connectivity index (χ3n) is 2.00. The number of nitriles is 1. The molecule has 0 N–H and O–H groups in total. The fraction of sp³-hybridized carbons (Fsp3) is 0.455. The minimum absolute atomic E-state index is 0.436. The molecule has 1 aromatic heterocycles. The Kier molecular flexibility index (Phi) is 4.93. The van der Waals surface area contributed by atoms with Crippen molar-refractivity contribution in [3.05, 3.63) is 23.4 Å². The summed E-state index contributed by atoms with van der Waals surface area (Å²) in [4.78, 5) is 4.21. The van der Waals surface area contributed by atoms with Gasteiger partial charge in [0.1, 0.15) is 11.1 Å². The lowest BCUT2D eigenvalue weighted by atomic mass is 10.2. The van der Waals surface area contributed by atoms with Crippen molar-refractivity contribution in [3.63, 3.8) is 0 Å². The molecule has 0 bridgehead atoms. The van der Waals surface area contributed by atoms with Crippen LogP contribution >= 0.6 is 23.4 Å². The van der Waals surface area contributed by atoms with Crippen LogP contribution in [-0.2, 0) is 0 Å². The fourth-order valence-electron chi connectivity index (χ4n) is 1.04. The molecule has 15 heavy (non-hydrogen) atoms. The molecular formula is C11H13ClN2S. The Morgan fingerprint density at radius 1 is 1.67 bits per heavy atom. The number of pyridine rings is 1. The quantitative estimate of drug-likeness (QED) is 0.599. The van der Waals surface area contributed by atoms with E-state index in [4.69, 9.17) is 16.9 Å². The van der Waals surface area contributed by atoms with Gasteiger partial charge in [-0.1, -0.05) is 6.92 Å². The molecule has 0 spiro atoms. The highest BCUT2D eigenvalue weighted by molar-refractivity contribution is 7.99. The number of hydrogen-bond acceptors (Lipinski definition) is 3. The third kappa shape index (κ3) is 3.40. The summed E-state index contributed by atoms with van der Waals surface area (Å²) in [5, 5.41) is 9.81. The summed E-state index contributed by atoms with van der Waals surface area (Å²) in [6, 6.07) is 4.04. The number of halogens is 1. The summed E-state index contributed by atoms with van der Waals surface area (Å²) in [6.07, 6.45) is 1.74. The van der Waals surface area contributed by atoms with Crippen LogP contribution in [0.1, 0.15) is 18.1 Å². The summed E-state index contributed by atoms with van der Waals surface area (Å²) in [5.74, 6) is 1.97. The van der Waals surface area contributed by atoms with Crippen LogP contribution in [0.15, 0.2) is 17.3 Å². The van der Waals surface area contributed by atoms with Gasteiger partial charge in [0.15, 0.2) is 0 Å². The molecule has 1 unspecified atom stereocenters. The van der Waals surface area contributed by atoms with Gasteiger partial charge in [0, 0.05) is 17.8 Å². The molecule has 4 heteroatoms. The van der Waals surface area contributed by atoms with Crippen molar-refractivity contribution in [1.29, 1.82) is 5.26 Å². The van der Waals surface area contributed by atoms with Crippen LogP contribution in [0.2, 0.25) is 0 Å². The molecule has 1 aromatic rings. The Morgan fingerprint density at radius 2 is 2.40 bits per heavy atom. The van der Waals surface area contributed by atoms with E-state index in [1.165, 1.54) is 0 Å². The SMILES string of the molecule is Cc1ccnc(SCC(C)CCl)c1C#N. The molecule has 0 aliphatic carbocycles. The molecule has 0 saturated heterocycles. The second-order valence-electron chi connectivity index (χ2n) is 3.49. The Bertz CT molecular complexity index is 373. The van der Waals surface area contributed by atoms with Gasteiger partial charge in [0.2, 0.25) is 0 Å². The van der Waals surface area contributed by atoms with Gasteiger partial charge in [0.25, 0.3) is 0 Å². The van der Waals surface area contributed by atoms with E-state index in [2.05, 4.69) is 18.0 Å². The lowest BCUT2D eigenvalue weighted by Crippen LogP contribution is -2.00. The first kappa shape index (κ1) is 12.4. The van der Waals surface area contributed by atoms with Crippen molar-refractivity contribution < 1.29 is 0 Å². The highest BCUT2D eigenvalue weighted by atomic mass is 35.5. The van der Waals surface area contributed by atoms with Crippen LogP contribution in [-0.4, -0.2) is 16.6 Å². The van der Waals surface area contributed by atoms with Crippen LogP contribution < -0.4 is 0 Å². The first-order chi connectivity index (χ1) is 7.19. The third-order valence-corrected chi connectivity index (χ3v) is 3.85. The number of rotatable bonds is 4. The molecule has 1 heterocycles. The first-order valence-electron chi connectivity index (χ1n) is 4.73. The van der Waals surface area contributed by atoms with Crippen LogP contribution in [0.25, 0.3) is 0 Å². The standard InChI is InChI=1S/C11H13ClN2S/c1-8(5-12)7-15-11-10(6-13)9(2)3-4-14-11/h3-4,8H,5,7H2,1-2H3. The maximum Gasteiger partial charge on any atom is 0.114 e. The Balaban J connectivity index is 2.77. The maximum absolute atomic E-state index is 8.99. The highest BCUT2D eigenvalue weighted by Crippen LogP contribution is 2.24. The Labute approximate surface area is 99.7 Å². The summed E-state index contributed by atoms with van der Waals surface area (Å²) in [6.45, 7) is 4.01. The van der Waals surface area contributed by atoms with Gasteiger partial charge in [0.05, 0.1) is 5.56 Å². The van der Waals surface area contributed by atoms with Crippen molar-refractivity contribution in [1.82, 2.24) is 4.98 Å². The molecule has 0 fully saturated rings. The van der Waals surface area contributed by atoms with Crippen molar-refractivity contribution in [2.24, 2.45) is 5.92 Å². The predicted molar refractivity (Wildman–Crippen MR) is 64.3 cm³/mol. The normalized spacial score (nSPS) is 12.1. The van der Waals surface area contributed by atoms with Crippen LogP contribution in [0.3, 0.4) is 0 Å². The number of hydrogen-bond donors (Lipinski definition) is 0. The lowest BCUT2D eigenvalue weighted by molar-refractivity contribution is 0.758. The molecule has 0 radical (unpaired) electrons. The molecule has 80 valence electrons. The maximum atomic E-state index is 8.99. The van der Waals surface area contributed by atoms with Gasteiger partial charge in [-0.25, -0.2) is 4.98 Å². The zero-order valence-corrected chi connectivity index (χ0v) is 10.4. The van der Waals surface area contributed by atoms with Crippen molar-refractivity contribution in [2.75, 3.05) is 11.6 Å². The van der Waals surface area contributed by atoms with E-state index in [1.807, 2.05) is 13.0 Å². The van der Waals surface area contributed by atoms with Gasteiger partial charge < -0.3 is 0 Å². The van der Waals surface area contributed by atoms with E-state index in [0.717, 1.165) is 16.3 Å². The molecule has 1 atom stereocenters. The summed E-state index contributed by atoms with van der Waals surface area (Å²) >= 11 is 7.32. The van der Waals surface area contributed by atoms with E-state index in [9.17, 15) is 0 Å². The van der Waals surface area contributed by atoms with E-state index < -0.39 is 0 Å². The number of aromatic nitrogens is 1. The van der Waals surface area contributed by atoms with Gasteiger partial charge in [-0.2, -0.15) is 5.26 Å². The minimum Gasteiger partial charge on any atom is -0.249 e. The summed E-state index contributed by atoms with van der Waals surface area (Å²) < 4.78 is 0. The zero-order valence-electron chi connectivity index (χ0n) is 8.83. The highest BCUT2D eigenvalue weighted by Gasteiger charge is 2.08. The topological polar surface area (TPSA) is 36.7 Å².